The topological polar surface area (TPSA) is 119 Å². The maximum absolute atomic E-state index is 12.5. The minimum atomic E-state index is -0.414. The number of aromatic amines is 1. The molecule has 0 radical (unpaired) electrons. The Kier molecular flexibility index (Phi) is 4.55. The van der Waals surface area contributed by atoms with Gasteiger partial charge in [0.05, 0.1) is 23.2 Å². The quantitative estimate of drug-likeness (QED) is 0.399. The van der Waals surface area contributed by atoms with Crippen LogP contribution in [-0.2, 0) is 6.54 Å². The lowest BCUT2D eigenvalue weighted by Crippen LogP contribution is -2.12. The van der Waals surface area contributed by atoms with Gasteiger partial charge in [0.15, 0.2) is 0 Å². The first-order valence-corrected chi connectivity index (χ1v) is 8.94. The van der Waals surface area contributed by atoms with Crippen LogP contribution in [0.25, 0.3) is 10.9 Å². The standard InChI is InChI=1S/C20H18N6O3/c1-12-19(26(28)29)13(2)25(24-12)11-14-3-5-15(6-4-14)20(27)22-17-7-8-18-16(9-17)10-21-23-18/h3-10H,11H2,1-2H3,(H,21,23)(H,22,27). The number of nitro groups is 1. The van der Waals surface area contributed by atoms with E-state index >= 15 is 0 Å². The molecule has 9 heteroatoms. The van der Waals surface area contributed by atoms with Crippen LogP contribution < -0.4 is 5.32 Å². The van der Waals surface area contributed by atoms with Gasteiger partial charge in [-0.2, -0.15) is 10.2 Å². The number of hydrogen-bond acceptors (Lipinski definition) is 5. The zero-order valence-electron chi connectivity index (χ0n) is 15.8. The average Bonchev–Trinajstić information content (AvgIpc) is 3.26. The summed E-state index contributed by atoms with van der Waals surface area (Å²) in [5.41, 5.74) is 3.92. The van der Waals surface area contributed by atoms with E-state index in [0.29, 0.717) is 29.2 Å². The van der Waals surface area contributed by atoms with E-state index in [-0.39, 0.29) is 11.6 Å². The van der Waals surface area contributed by atoms with E-state index in [1.807, 2.05) is 30.3 Å². The Labute approximate surface area is 165 Å². The molecule has 0 unspecified atom stereocenters. The second-order valence-corrected chi connectivity index (χ2v) is 6.76. The van der Waals surface area contributed by atoms with Crippen LogP contribution in [0.4, 0.5) is 11.4 Å². The van der Waals surface area contributed by atoms with Gasteiger partial charge < -0.3 is 5.32 Å². The normalized spacial score (nSPS) is 11.0. The number of hydrogen-bond donors (Lipinski definition) is 2. The summed E-state index contributed by atoms with van der Waals surface area (Å²) in [6, 6.07) is 12.6. The summed E-state index contributed by atoms with van der Waals surface area (Å²) < 4.78 is 1.60. The number of nitrogens with zero attached hydrogens (tertiary/aromatic N) is 4. The first kappa shape index (κ1) is 18.4. The Morgan fingerprint density at radius 3 is 2.66 bits per heavy atom. The number of amides is 1. The van der Waals surface area contributed by atoms with Crippen molar-refractivity contribution in [3.05, 3.63) is 81.3 Å². The molecule has 4 rings (SSSR count). The highest BCUT2D eigenvalue weighted by atomic mass is 16.6. The van der Waals surface area contributed by atoms with E-state index in [9.17, 15) is 14.9 Å². The van der Waals surface area contributed by atoms with E-state index in [1.54, 1.807) is 36.9 Å². The fourth-order valence-corrected chi connectivity index (χ4v) is 3.26. The number of rotatable bonds is 5. The van der Waals surface area contributed by atoms with Gasteiger partial charge in [0.1, 0.15) is 11.4 Å². The molecule has 146 valence electrons. The lowest BCUT2D eigenvalue weighted by Gasteiger charge is -2.07. The SMILES string of the molecule is Cc1nn(Cc2ccc(C(=O)Nc3ccc4[nH]ncc4c3)cc2)c(C)c1[N+](=O)[O-]. The minimum absolute atomic E-state index is 0.0376. The number of benzene rings is 2. The van der Waals surface area contributed by atoms with E-state index in [2.05, 4.69) is 20.6 Å². The molecule has 2 N–H and O–H groups in total. The third-order valence-electron chi connectivity index (χ3n) is 4.77. The van der Waals surface area contributed by atoms with E-state index in [0.717, 1.165) is 16.5 Å². The fraction of sp³-hybridized carbons (Fsp3) is 0.150. The molecule has 2 aromatic heterocycles. The highest BCUT2D eigenvalue weighted by Gasteiger charge is 2.21. The van der Waals surface area contributed by atoms with Crippen molar-refractivity contribution in [3.63, 3.8) is 0 Å². The number of aromatic nitrogens is 4. The van der Waals surface area contributed by atoms with Gasteiger partial charge in [-0.3, -0.25) is 24.7 Å². The highest BCUT2D eigenvalue weighted by Crippen LogP contribution is 2.23. The Morgan fingerprint density at radius 1 is 1.21 bits per heavy atom. The van der Waals surface area contributed by atoms with E-state index in [4.69, 9.17) is 0 Å². The number of nitrogens with one attached hydrogen (secondary N) is 2. The van der Waals surface area contributed by atoms with Gasteiger partial charge in [0.2, 0.25) is 0 Å². The molecule has 1 amide bonds. The van der Waals surface area contributed by atoms with Gasteiger partial charge in [-0.25, -0.2) is 0 Å². The maximum Gasteiger partial charge on any atom is 0.312 e. The van der Waals surface area contributed by atoms with Crippen LogP contribution in [0.3, 0.4) is 0 Å². The lowest BCUT2D eigenvalue weighted by molar-refractivity contribution is -0.386. The molecular formula is C20H18N6O3. The minimum Gasteiger partial charge on any atom is -0.322 e. The molecule has 2 heterocycles. The maximum atomic E-state index is 12.5. The smallest absolute Gasteiger partial charge is 0.312 e. The number of carbonyl (C=O) groups is 1. The van der Waals surface area contributed by atoms with Gasteiger partial charge in [0.25, 0.3) is 5.91 Å². The summed E-state index contributed by atoms with van der Waals surface area (Å²) in [7, 11) is 0. The molecule has 9 nitrogen and oxygen atoms in total. The monoisotopic (exact) mass is 390 g/mol. The van der Waals surface area contributed by atoms with Gasteiger partial charge in [-0.1, -0.05) is 12.1 Å². The van der Waals surface area contributed by atoms with Gasteiger partial charge in [0, 0.05) is 16.6 Å². The number of carbonyl (C=O) groups excluding carboxylic acids is 1. The Morgan fingerprint density at radius 2 is 1.97 bits per heavy atom. The van der Waals surface area contributed by atoms with Crippen molar-refractivity contribution in [2.45, 2.75) is 20.4 Å². The van der Waals surface area contributed by atoms with E-state index in [1.165, 1.54) is 0 Å². The van der Waals surface area contributed by atoms with Crippen molar-refractivity contribution in [3.8, 4) is 0 Å². The molecule has 0 aliphatic heterocycles. The first-order valence-electron chi connectivity index (χ1n) is 8.94. The van der Waals surface area contributed by atoms with Crippen molar-refractivity contribution in [2.75, 3.05) is 5.32 Å². The third-order valence-corrected chi connectivity index (χ3v) is 4.77. The van der Waals surface area contributed by atoms with Crippen LogP contribution in [0, 0.1) is 24.0 Å². The fourth-order valence-electron chi connectivity index (χ4n) is 3.26. The molecule has 0 aliphatic carbocycles. The number of anilines is 1. The molecular weight excluding hydrogens is 372 g/mol. The summed E-state index contributed by atoms with van der Waals surface area (Å²) in [6.07, 6.45) is 1.70. The van der Waals surface area contributed by atoms with Gasteiger partial charge >= 0.3 is 5.69 Å². The molecule has 0 saturated heterocycles. The highest BCUT2D eigenvalue weighted by molar-refractivity contribution is 6.05. The van der Waals surface area contributed by atoms with Gasteiger partial charge in [-0.05, 0) is 49.7 Å². The van der Waals surface area contributed by atoms with Crippen molar-refractivity contribution in [1.29, 1.82) is 0 Å². The average molecular weight is 390 g/mol. The molecule has 0 aliphatic rings. The zero-order valence-corrected chi connectivity index (χ0v) is 15.8. The number of fused-ring (bicyclic) bond motifs is 1. The second kappa shape index (κ2) is 7.19. The van der Waals surface area contributed by atoms with Crippen LogP contribution in [0.1, 0.15) is 27.3 Å². The van der Waals surface area contributed by atoms with Crippen molar-refractivity contribution in [2.24, 2.45) is 0 Å². The number of H-pyrrole nitrogens is 1. The molecule has 2 aromatic carbocycles. The van der Waals surface area contributed by atoms with Crippen molar-refractivity contribution in [1.82, 2.24) is 20.0 Å². The Balaban J connectivity index is 1.48. The summed E-state index contributed by atoms with van der Waals surface area (Å²) in [5, 5.41) is 26.0. The molecule has 4 aromatic rings. The Bertz CT molecular complexity index is 1220. The zero-order chi connectivity index (χ0) is 20.5. The van der Waals surface area contributed by atoms with Crippen LogP contribution in [0.5, 0.6) is 0 Å². The Hall–Kier alpha value is -4.01. The first-order chi connectivity index (χ1) is 13.9. The van der Waals surface area contributed by atoms with Crippen LogP contribution in [0.15, 0.2) is 48.7 Å². The van der Waals surface area contributed by atoms with Crippen LogP contribution in [0.2, 0.25) is 0 Å². The molecule has 0 saturated carbocycles. The molecule has 0 spiro atoms. The van der Waals surface area contributed by atoms with Gasteiger partial charge in [-0.15, -0.1) is 0 Å². The summed E-state index contributed by atoms with van der Waals surface area (Å²) in [6.45, 7) is 3.69. The molecule has 29 heavy (non-hydrogen) atoms. The van der Waals surface area contributed by atoms with E-state index < -0.39 is 4.92 Å². The lowest BCUT2D eigenvalue weighted by atomic mass is 10.1. The summed E-state index contributed by atoms with van der Waals surface area (Å²) in [5.74, 6) is -0.221. The molecule has 0 atom stereocenters. The second-order valence-electron chi connectivity index (χ2n) is 6.76. The predicted octanol–water partition coefficient (Wildman–Crippen LogP) is 3.59. The largest absolute Gasteiger partial charge is 0.322 e. The third kappa shape index (κ3) is 3.57. The van der Waals surface area contributed by atoms with Crippen molar-refractivity contribution < 1.29 is 9.72 Å². The predicted molar refractivity (Wildman–Crippen MR) is 108 cm³/mol. The summed E-state index contributed by atoms with van der Waals surface area (Å²) >= 11 is 0. The van der Waals surface area contributed by atoms with Crippen LogP contribution in [-0.4, -0.2) is 30.8 Å². The van der Waals surface area contributed by atoms with Crippen molar-refractivity contribution >= 4 is 28.2 Å². The number of aryl methyl sites for hydroxylation is 1. The molecule has 0 bridgehead atoms. The molecule has 0 fully saturated rings. The summed E-state index contributed by atoms with van der Waals surface area (Å²) in [4.78, 5) is 23.2. The van der Waals surface area contributed by atoms with Crippen LogP contribution >= 0.6 is 0 Å².